The highest BCUT2D eigenvalue weighted by Gasteiger charge is 2.24. The molecular formula is C17H26N4O3. The summed E-state index contributed by atoms with van der Waals surface area (Å²) in [6.45, 7) is 4.52. The number of hydrogen-bond donors (Lipinski definition) is 1. The molecule has 0 radical (unpaired) electrons. The number of carbonyl (C=O) groups is 1. The van der Waals surface area contributed by atoms with Gasteiger partial charge in [-0.2, -0.15) is 0 Å². The third-order valence-electron chi connectivity index (χ3n) is 4.75. The highest BCUT2D eigenvalue weighted by atomic mass is 16.5. The molecule has 24 heavy (non-hydrogen) atoms. The number of aryl methyl sites for hydroxylation is 1. The van der Waals surface area contributed by atoms with Crippen molar-refractivity contribution in [2.24, 2.45) is 0 Å². The minimum atomic E-state index is -0.127. The van der Waals surface area contributed by atoms with Crippen LogP contribution < -0.4 is 5.56 Å². The van der Waals surface area contributed by atoms with Gasteiger partial charge in [0, 0.05) is 37.9 Å². The average molecular weight is 334 g/mol. The van der Waals surface area contributed by atoms with Crippen LogP contribution in [0.1, 0.15) is 31.4 Å². The van der Waals surface area contributed by atoms with Crippen molar-refractivity contribution >= 4 is 5.91 Å². The number of nitrogens with zero attached hydrogens (tertiary/aromatic N) is 3. The largest absolute Gasteiger partial charge is 0.376 e. The highest BCUT2D eigenvalue weighted by molar-refractivity contribution is 5.78. The lowest BCUT2D eigenvalue weighted by atomic mass is 10.1. The first-order chi connectivity index (χ1) is 11.7. The zero-order valence-corrected chi connectivity index (χ0v) is 14.1. The Morgan fingerprint density at radius 1 is 1.29 bits per heavy atom. The molecule has 0 aromatic carbocycles. The Morgan fingerprint density at radius 2 is 2.12 bits per heavy atom. The quantitative estimate of drug-likeness (QED) is 0.844. The van der Waals surface area contributed by atoms with Crippen molar-refractivity contribution in [1.82, 2.24) is 19.8 Å². The second-order valence-electron chi connectivity index (χ2n) is 6.61. The molecule has 132 valence electrons. The third kappa shape index (κ3) is 4.88. The number of amides is 1. The molecule has 1 amide bonds. The van der Waals surface area contributed by atoms with E-state index >= 15 is 0 Å². The molecule has 0 unspecified atom stereocenters. The van der Waals surface area contributed by atoms with E-state index in [1.807, 2.05) is 4.90 Å². The molecule has 2 saturated heterocycles. The summed E-state index contributed by atoms with van der Waals surface area (Å²) in [6.07, 6.45) is 6.53. The molecule has 7 nitrogen and oxygen atoms in total. The van der Waals surface area contributed by atoms with Gasteiger partial charge in [0.25, 0.3) is 5.56 Å². The minimum absolute atomic E-state index is 0.0917. The van der Waals surface area contributed by atoms with Crippen LogP contribution in [0.15, 0.2) is 17.2 Å². The number of morpholine rings is 1. The molecule has 7 heteroatoms. The molecule has 3 heterocycles. The maximum Gasteiger partial charge on any atom is 0.250 e. The van der Waals surface area contributed by atoms with E-state index in [2.05, 4.69) is 14.9 Å². The Kier molecular flexibility index (Phi) is 5.98. The van der Waals surface area contributed by atoms with Gasteiger partial charge in [-0.1, -0.05) is 0 Å². The van der Waals surface area contributed by atoms with E-state index in [-0.39, 0.29) is 17.6 Å². The van der Waals surface area contributed by atoms with Gasteiger partial charge < -0.3 is 14.6 Å². The fraction of sp³-hybridized carbons (Fsp3) is 0.706. The van der Waals surface area contributed by atoms with Gasteiger partial charge in [-0.05, 0) is 32.1 Å². The van der Waals surface area contributed by atoms with Gasteiger partial charge in [0.15, 0.2) is 0 Å². The molecule has 1 N–H and O–H groups in total. The number of rotatable bonds is 5. The maximum absolute atomic E-state index is 12.4. The Balaban J connectivity index is 1.45. The molecule has 0 saturated carbocycles. The zero-order valence-electron chi connectivity index (χ0n) is 14.1. The monoisotopic (exact) mass is 334 g/mol. The van der Waals surface area contributed by atoms with Crippen LogP contribution in [0.25, 0.3) is 0 Å². The van der Waals surface area contributed by atoms with E-state index in [1.54, 1.807) is 0 Å². The first-order valence-electron chi connectivity index (χ1n) is 8.86. The van der Waals surface area contributed by atoms with Crippen LogP contribution in [0.5, 0.6) is 0 Å². The predicted octanol–water partition coefficient (Wildman–Crippen LogP) is 0.416. The van der Waals surface area contributed by atoms with Gasteiger partial charge in [-0.3, -0.25) is 14.5 Å². The van der Waals surface area contributed by atoms with Crippen LogP contribution >= 0.6 is 0 Å². The second kappa shape index (κ2) is 8.39. The fourth-order valence-electron chi connectivity index (χ4n) is 3.39. The van der Waals surface area contributed by atoms with Gasteiger partial charge in [0.1, 0.15) is 0 Å². The Morgan fingerprint density at radius 3 is 2.92 bits per heavy atom. The molecule has 2 aliphatic rings. The van der Waals surface area contributed by atoms with Crippen LogP contribution in [0.3, 0.4) is 0 Å². The Hall–Kier alpha value is -1.73. The first kappa shape index (κ1) is 17.1. The number of aromatic nitrogens is 2. The molecule has 1 atom stereocenters. The SMILES string of the molecule is O=C(CN1CCO[C@H](CCc2cc(=O)[nH]cn2)C1)N1CCCCC1. The third-order valence-corrected chi connectivity index (χ3v) is 4.75. The second-order valence-corrected chi connectivity index (χ2v) is 6.61. The lowest BCUT2D eigenvalue weighted by Gasteiger charge is -2.34. The number of aromatic amines is 1. The average Bonchev–Trinajstić information content (AvgIpc) is 2.61. The topological polar surface area (TPSA) is 78.5 Å². The van der Waals surface area contributed by atoms with Crippen molar-refractivity contribution in [3.63, 3.8) is 0 Å². The summed E-state index contributed by atoms with van der Waals surface area (Å²) in [5, 5.41) is 0. The van der Waals surface area contributed by atoms with Crippen LogP contribution in [0.4, 0.5) is 0 Å². The lowest BCUT2D eigenvalue weighted by molar-refractivity contribution is -0.135. The Labute approximate surface area is 142 Å². The van der Waals surface area contributed by atoms with Crippen molar-refractivity contribution in [3.8, 4) is 0 Å². The summed E-state index contributed by atoms with van der Waals surface area (Å²) in [6, 6.07) is 1.53. The van der Waals surface area contributed by atoms with Crippen LogP contribution in [0, 0.1) is 0 Å². The number of hydrogen-bond acceptors (Lipinski definition) is 5. The number of carbonyl (C=O) groups excluding carboxylic acids is 1. The summed E-state index contributed by atoms with van der Waals surface area (Å²) in [7, 11) is 0. The standard InChI is InChI=1S/C17H26N4O3/c22-16-10-14(18-13-19-16)4-5-15-11-20(8-9-24-15)12-17(23)21-6-2-1-3-7-21/h10,13,15H,1-9,11-12H2,(H,18,19,22)/t15-/m1/s1. The maximum atomic E-state index is 12.4. The molecule has 1 aromatic rings. The van der Waals surface area contributed by atoms with E-state index in [9.17, 15) is 9.59 Å². The molecule has 0 aliphatic carbocycles. The first-order valence-corrected chi connectivity index (χ1v) is 8.86. The van der Waals surface area contributed by atoms with Gasteiger partial charge >= 0.3 is 0 Å². The normalized spacial score (nSPS) is 22.5. The molecular weight excluding hydrogens is 308 g/mol. The van der Waals surface area contributed by atoms with Gasteiger partial charge in [-0.25, -0.2) is 4.98 Å². The zero-order chi connectivity index (χ0) is 16.8. The highest BCUT2D eigenvalue weighted by Crippen LogP contribution is 2.13. The van der Waals surface area contributed by atoms with Crippen LogP contribution in [-0.2, 0) is 16.0 Å². The fourth-order valence-corrected chi connectivity index (χ4v) is 3.39. The molecule has 0 spiro atoms. The van der Waals surface area contributed by atoms with E-state index < -0.39 is 0 Å². The predicted molar refractivity (Wildman–Crippen MR) is 89.8 cm³/mol. The summed E-state index contributed by atoms with van der Waals surface area (Å²) in [5.74, 6) is 0.242. The Bertz CT molecular complexity index is 597. The van der Waals surface area contributed by atoms with Crippen molar-refractivity contribution in [2.45, 2.75) is 38.2 Å². The number of H-pyrrole nitrogens is 1. The summed E-state index contributed by atoms with van der Waals surface area (Å²) in [4.78, 5) is 34.5. The van der Waals surface area contributed by atoms with E-state index in [1.165, 1.54) is 18.8 Å². The summed E-state index contributed by atoms with van der Waals surface area (Å²) in [5.41, 5.74) is 0.655. The van der Waals surface area contributed by atoms with E-state index in [0.29, 0.717) is 19.6 Å². The lowest BCUT2D eigenvalue weighted by Crippen LogP contribution is -2.48. The summed E-state index contributed by atoms with van der Waals surface area (Å²) < 4.78 is 5.81. The molecule has 2 fully saturated rings. The van der Waals surface area contributed by atoms with Crippen LogP contribution in [-0.4, -0.2) is 71.1 Å². The van der Waals surface area contributed by atoms with Gasteiger partial charge in [0.05, 0.1) is 25.6 Å². The van der Waals surface area contributed by atoms with Crippen molar-refractivity contribution < 1.29 is 9.53 Å². The van der Waals surface area contributed by atoms with Crippen LogP contribution in [0.2, 0.25) is 0 Å². The van der Waals surface area contributed by atoms with Crippen molar-refractivity contribution in [1.29, 1.82) is 0 Å². The minimum Gasteiger partial charge on any atom is -0.376 e. The number of likely N-dealkylation sites (tertiary alicyclic amines) is 1. The molecule has 0 bridgehead atoms. The molecule has 3 rings (SSSR count). The van der Waals surface area contributed by atoms with Gasteiger partial charge in [0.2, 0.25) is 5.91 Å². The van der Waals surface area contributed by atoms with Gasteiger partial charge in [-0.15, -0.1) is 0 Å². The smallest absolute Gasteiger partial charge is 0.250 e. The molecule has 1 aromatic heterocycles. The summed E-state index contributed by atoms with van der Waals surface area (Å²) >= 11 is 0. The number of piperidine rings is 1. The van der Waals surface area contributed by atoms with E-state index in [0.717, 1.165) is 51.1 Å². The van der Waals surface area contributed by atoms with Crippen molar-refractivity contribution in [2.75, 3.05) is 39.3 Å². The molecule has 2 aliphatic heterocycles. The van der Waals surface area contributed by atoms with E-state index in [4.69, 9.17) is 4.74 Å². The number of ether oxygens (including phenoxy) is 1. The number of nitrogens with one attached hydrogen (secondary N) is 1. The van der Waals surface area contributed by atoms with Crippen molar-refractivity contribution in [3.05, 3.63) is 28.4 Å².